The number of hydrogen-bond acceptors (Lipinski definition) is 2. The van der Waals surface area contributed by atoms with Crippen LogP contribution in [0, 0.1) is 11.3 Å². The van der Waals surface area contributed by atoms with Gasteiger partial charge in [0.15, 0.2) is 0 Å². The largest absolute Gasteiger partial charge is 0.333 e. The van der Waals surface area contributed by atoms with E-state index in [4.69, 9.17) is 28.5 Å². The third-order valence-corrected chi connectivity index (χ3v) is 3.71. The first kappa shape index (κ1) is 16.4. The molecule has 3 nitrogen and oxygen atoms in total. The second kappa shape index (κ2) is 7.84. The van der Waals surface area contributed by atoms with Crippen LogP contribution in [0.4, 0.5) is 0 Å². The number of benzene rings is 2. The van der Waals surface area contributed by atoms with Crippen molar-refractivity contribution in [1.82, 2.24) is 4.90 Å². The van der Waals surface area contributed by atoms with Crippen LogP contribution in [-0.2, 0) is 6.54 Å². The Morgan fingerprint density at radius 1 is 1.14 bits per heavy atom. The van der Waals surface area contributed by atoms with E-state index in [2.05, 4.69) is 6.07 Å². The topological polar surface area (TPSA) is 44.1 Å². The van der Waals surface area contributed by atoms with Gasteiger partial charge in [-0.1, -0.05) is 53.5 Å². The Morgan fingerprint density at radius 2 is 1.86 bits per heavy atom. The molecule has 0 aromatic heterocycles. The maximum atomic E-state index is 12.7. The Labute approximate surface area is 139 Å². The number of nitriles is 1. The lowest BCUT2D eigenvalue weighted by molar-refractivity contribution is 0.0747. The van der Waals surface area contributed by atoms with Gasteiger partial charge in [-0.15, -0.1) is 0 Å². The molecule has 0 saturated heterocycles. The van der Waals surface area contributed by atoms with Crippen molar-refractivity contribution < 1.29 is 4.79 Å². The molecular weight excluding hydrogens is 319 g/mol. The molecule has 22 heavy (non-hydrogen) atoms. The van der Waals surface area contributed by atoms with Crippen molar-refractivity contribution in [2.24, 2.45) is 0 Å². The molecule has 0 aliphatic rings. The summed E-state index contributed by atoms with van der Waals surface area (Å²) in [6, 6.07) is 16.5. The normalized spacial score (nSPS) is 10.0. The van der Waals surface area contributed by atoms with Crippen molar-refractivity contribution in [1.29, 1.82) is 5.26 Å². The van der Waals surface area contributed by atoms with E-state index >= 15 is 0 Å². The van der Waals surface area contributed by atoms with Crippen LogP contribution in [0.25, 0.3) is 0 Å². The number of hydrogen-bond donors (Lipinski definition) is 0. The van der Waals surface area contributed by atoms with Crippen LogP contribution in [-0.4, -0.2) is 17.4 Å². The van der Waals surface area contributed by atoms with Crippen molar-refractivity contribution in [2.45, 2.75) is 13.0 Å². The minimum atomic E-state index is -0.208. The Bertz CT molecular complexity index is 696. The molecule has 1 amide bonds. The van der Waals surface area contributed by atoms with Crippen molar-refractivity contribution in [2.75, 3.05) is 6.54 Å². The fourth-order valence-electron chi connectivity index (χ4n) is 2.07. The predicted molar refractivity (Wildman–Crippen MR) is 87.9 cm³/mol. The average molecular weight is 333 g/mol. The summed E-state index contributed by atoms with van der Waals surface area (Å²) in [6.45, 7) is 0.781. The molecule has 112 valence electrons. The van der Waals surface area contributed by atoms with Gasteiger partial charge in [0, 0.05) is 18.1 Å². The van der Waals surface area contributed by atoms with Crippen LogP contribution in [0.2, 0.25) is 10.0 Å². The van der Waals surface area contributed by atoms with Gasteiger partial charge in [-0.3, -0.25) is 4.79 Å². The van der Waals surface area contributed by atoms with Crippen molar-refractivity contribution in [3.05, 3.63) is 69.7 Å². The van der Waals surface area contributed by atoms with Gasteiger partial charge in [0.25, 0.3) is 5.91 Å². The highest BCUT2D eigenvalue weighted by atomic mass is 35.5. The number of halogens is 2. The van der Waals surface area contributed by atoms with Crippen molar-refractivity contribution in [3.8, 4) is 6.07 Å². The van der Waals surface area contributed by atoms with Gasteiger partial charge >= 0.3 is 0 Å². The minimum absolute atomic E-state index is 0.208. The third kappa shape index (κ3) is 4.24. The Balaban J connectivity index is 2.24. The summed E-state index contributed by atoms with van der Waals surface area (Å²) in [6.07, 6.45) is 0.268. The van der Waals surface area contributed by atoms with E-state index < -0.39 is 0 Å². The maximum absolute atomic E-state index is 12.7. The van der Waals surface area contributed by atoms with Gasteiger partial charge in [-0.05, 0) is 23.8 Å². The van der Waals surface area contributed by atoms with Gasteiger partial charge in [0.2, 0.25) is 0 Å². The maximum Gasteiger partial charge on any atom is 0.255 e. The molecule has 5 heteroatoms. The highest BCUT2D eigenvalue weighted by molar-refractivity contribution is 6.36. The van der Waals surface area contributed by atoms with Gasteiger partial charge in [0.05, 0.1) is 23.1 Å². The molecule has 0 unspecified atom stereocenters. The summed E-state index contributed by atoms with van der Waals surface area (Å²) in [7, 11) is 0. The fraction of sp³-hybridized carbons (Fsp3) is 0.176. The highest BCUT2D eigenvalue weighted by Gasteiger charge is 2.18. The van der Waals surface area contributed by atoms with Crippen LogP contribution in [0.15, 0.2) is 48.5 Å². The Morgan fingerprint density at radius 3 is 2.50 bits per heavy atom. The number of amides is 1. The second-order valence-corrected chi connectivity index (χ2v) is 5.59. The van der Waals surface area contributed by atoms with Crippen molar-refractivity contribution in [3.63, 3.8) is 0 Å². The Kier molecular flexibility index (Phi) is 5.83. The molecule has 0 radical (unpaired) electrons. The van der Waals surface area contributed by atoms with E-state index in [9.17, 15) is 4.79 Å². The lowest BCUT2D eigenvalue weighted by Crippen LogP contribution is -2.31. The first-order chi connectivity index (χ1) is 10.6. The zero-order valence-corrected chi connectivity index (χ0v) is 13.3. The zero-order chi connectivity index (χ0) is 15.9. The summed E-state index contributed by atoms with van der Waals surface area (Å²) in [5.41, 5.74) is 1.39. The molecule has 0 bridgehead atoms. The summed E-state index contributed by atoms with van der Waals surface area (Å²) in [4.78, 5) is 14.3. The summed E-state index contributed by atoms with van der Waals surface area (Å²) in [5.74, 6) is -0.208. The first-order valence-corrected chi connectivity index (χ1v) is 7.52. The van der Waals surface area contributed by atoms with Gasteiger partial charge in [-0.25, -0.2) is 0 Å². The van der Waals surface area contributed by atoms with E-state index in [1.54, 1.807) is 23.1 Å². The van der Waals surface area contributed by atoms with E-state index in [-0.39, 0.29) is 12.3 Å². The van der Waals surface area contributed by atoms with Gasteiger partial charge in [0.1, 0.15) is 0 Å². The molecule has 0 spiro atoms. The second-order valence-electron chi connectivity index (χ2n) is 4.74. The van der Waals surface area contributed by atoms with Gasteiger partial charge in [-0.2, -0.15) is 5.26 Å². The molecule has 0 saturated carbocycles. The minimum Gasteiger partial charge on any atom is -0.333 e. The van der Waals surface area contributed by atoms with Crippen LogP contribution >= 0.6 is 23.2 Å². The van der Waals surface area contributed by atoms with Gasteiger partial charge < -0.3 is 4.90 Å². The van der Waals surface area contributed by atoms with Crippen molar-refractivity contribution >= 4 is 29.1 Å². The molecule has 2 aromatic carbocycles. The monoisotopic (exact) mass is 332 g/mol. The van der Waals surface area contributed by atoms with E-state index in [1.807, 2.05) is 30.3 Å². The molecule has 0 atom stereocenters. The average Bonchev–Trinajstić information content (AvgIpc) is 2.52. The number of carbonyl (C=O) groups is 1. The smallest absolute Gasteiger partial charge is 0.255 e. The standard InChI is InChI=1S/C17H14Cl2N2O/c18-14-7-8-15(16(19)11-14)17(22)21(10-4-9-20)12-13-5-2-1-3-6-13/h1-3,5-8,11H,4,10,12H2. The lowest BCUT2D eigenvalue weighted by Gasteiger charge is -2.22. The summed E-state index contributed by atoms with van der Waals surface area (Å²) < 4.78 is 0. The molecule has 2 aromatic rings. The zero-order valence-electron chi connectivity index (χ0n) is 11.8. The summed E-state index contributed by atoms with van der Waals surface area (Å²) in [5, 5.41) is 9.59. The molecule has 0 fully saturated rings. The molecule has 0 heterocycles. The first-order valence-electron chi connectivity index (χ1n) is 6.77. The van der Waals surface area contributed by atoms with Crippen LogP contribution in [0.5, 0.6) is 0 Å². The highest BCUT2D eigenvalue weighted by Crippen LogP contribution is 2.23. The van der Waals surface area contributed by atoms with Crippen LogP contribution < -0.4 is 0 Å². The fourth-order valence-corrected chi connectivity index (χ4v) is 2.56. The lowest BCUT2D eigenvalue weighted by atomic mass is 10.1. The number of rotatable bonds is 5. The van der Waals surface area contributed by atoms with E-state index in [0.29, 0.717) is 28.7 Å². The Hall–Kier alpha value is -2.02. The quantitative estimate of drug-likeness (QED) is 0.806. The molecule has 2 rings (SSSR count). The SMILES string of the molecule is N#CCCN(Cc1ccccc1)C(=O)c1ccc(Cl)cc1Cl. The summed E-state index contributed by atoms with van der Waals surface area (Å²) >= 11 is 12.0. The molecule has 0 aliphatic carbocycles. The van der Waals surface area contributed by atoms with Crippen LogP contribution in [0.1, 0.15) is 22.3 Å². The molecular formula is C17H14Cl2N2O. The number of nitrogens with zero attached hydrogens (tertiary/aromatic N) is 2. The van der Waals surface area contributed by atoms with E-state index in [1.165, 1.54) is 0 Å². The molecule has 0 N–H and O–H groups in total. The molecule has 0 aliphatic heterocycles. The predicted octanol–water partition coefficient (Wildman–Crippen LogP) is 4.55. The van der Waals surface area contributed by atoms with Crippen LogP contribution in [0.3, 0.4) is 0 Å². The number of carbonyl (C=O) groups excluding carboxylic acids is 1. The third-order valence-electron chi connectivity index (χ3n) is 3.16. The van der Waals surface area contributed by atoms with E-state index in [0.717, 1.165) is 5.56 Å².